The van der Waals surface area contributed by atoms with Crippen LogP contribution in [0, 0.1) is 5.92 Å². The number of carbonyl (C=O) groups excluding carboxylic acids is 1. The summed E-state index contributed by atoms with van der Waals surface area (Å²) in [5, 5.41) is 2.87. The average Bonchev–Trinajstić information content (AvgIpc) is 2.38. The van der Waals surface area contributed by atoms with Gasteiger partial charge in [0, 0.05) is 19.0 Å². The first-order valence-corrected chi connectivity index (χ1v) is 6.78. The summed E-state index contributed by atoms with van der Waals surface area (Å²) in [6, 6.07) is 0. The molecular formula is C13H18N4O2. The standard InChI is InChI=1S/C13H18N4O2/c18-12(10-2-1-3-10)16-11-8-14-13(15-9-11)17-4-6-19-7-5-17/h8-10H,1-7H2,(H,16,18). The first-order chi connectivity index (χ1) is 9.33. The third-order valence-corrected chi connectivity index (χ3v) is 3.68. The lowest BCUT2D eigenvalue weighted by Crippen LogP contribution is -2.37. The highest BCUT2D eigenvalue weighted by molar-refractivity contribution is 5.92. The van der Waals surface area contributed by atoms with Gasteiger partial charge >= 0.3 is 0 Å². The second kappa shape index (κ2) is 5.52. The molecule has 1 aliphatic heterocycles. The van der Waals surface area contributed by atoms with Crippen LogP contribution in [0.5, 0.6) is 0 Å². The molecule has 19 heavy (non-hydrogen) atoms. The molecule has 1 saturated heterocycles. The summed E-state index contributed by atoms with van der Waals surface area (Å²) in [4.78, 5) is 22.5. The van der Waals surface area contributed by atoms with Crippen molar-refractivity contribution in [3.05, 3.63) is 12.4 Å². The van der Waals surface area contributed by atoms with E-state index >= 15 is 0 Å². The van der Waals surface area contributed by atoms with Gasteiger partial charge in [0.1, 0.15) is 0 Å². The van der Waals surface area contributed by atoms with Gasteiger partial charge in [0.25, 0.3) is 0 Å². The van der Waals surface area contributed by atoms with E-state index in [4.69, 9.17) is 4.74 Å². The Balaban J connectivity index is 1.59. The number of hydrogen-bond donors (Lipinski definition) is 1. The summed E-state index contributed by atoms with van der Waals surface area (Å²) in [6.45, 7) is 3.05. The number of nitrogens with zero attached hydrogens (tertiary/aromatic N) is 3. The largest absolute Gasteiger partial charge is 0.378 e. The van der Waals surface area contributed by atoms with E-state index in [0.717, 1.165) is 32.4 Å². The summed E-state index contributed by atoms with van der Waals surface area (Å²) in [5.74, 6) is 0.970. The van der Waals surface area contributed by atoms with Crippen molar-refractivity contribution < 1.29 is 9.53 Å². The van der Waals surface area contributed by atoms with Gasteiger partial charge in [0.2, 0.25) is 11.9 Å². The maximum Gasteiger partial charge on any atom is 0.227 e. The highest BCUT2D eigenvalue weighted by Crippen LogP contribution is 2.27. The minimum atomic E-state index is 0.0916. The molecule has 1 saturated carbocycles. The molecule has 0 aromatic carbocycles. The number of rotatable bonds is 3. The van der Waals surface area contributed by atoms with Crippen molar-refractivity contribution in [3.63, 3.8) is 0 Å². The molecule has 0 unspecified atom stereocenters. The second-order valence-corrected chi connectivity index (χ2v) is 4.99. The van der Waals surface area contributed by atoms with Crippen molar-refractivity contribution >= 4 is 17.5 Å². The van der Waals surface area contributed by atoms with E-state index in [-0.39, 0.29) is 11.8 Å². The number of aromatic nitrogens is 2. The van der Waals surface area contributed by atoms with Crippen molar-refractivity contribution in [1.82, 2.24) is 9.97 Å². The quantitative estimate of drug-likeness (QED) is 0.882. The molecule has 1 amide bonds. The van der Waals surface area contributed by atoms with Crippen LogP contribution in [0.3, 0.4) is 0 Å². The molecule has 2 heterocycles. The monoisotopic (exact) mass is 262 g/mol. The van der Waals surface area contributed by atoms with Gasteiger partial charge in [0.05, 0.1) is 31.3 Å². The van der Waals surface area contributed by atoms with E-state index in [9.17, 15) is 4.79 Å². The van der Waals surface area contributed by atoms with E-state index in [1.54, 1.807) is 12.4 Å². The minimum Gasteiger partial charge on any atom is -0.378 e. The Morgan fingerprint density at radius 3 is 2.53 bits per heavy atom. The number of amides is 1. The Kier molecular flexibility index (Phi) is 3.59. The molecule has 0 spiro atoms. The number of morpholine rings is 1. The maximum atomic E-state index is 11.8. The lowest BCUT2D eigenvalue weighted by Gasteiger charge is -2.27. The van der Waals surface area contributed by atoms with Crippen LogP contribution >= 0.6 is 0 Å². The van der Waals surface area contributed by atoms with Gasteiger partial charge < -0.3 is 15.0 Å². The van der Waals surface area contributed by atoms with Crippen LogP contribution in [0.4, 0.5) is 11.6 Å². The number of ether oxygens (including phenoxy) is 1. The van der Waals surface area contributed by atoms with Gasteiger partial charge in [0.15, 0.2) is 0 Å². The summed E-state index contributed by atoms with van der Waals surface area (Å²) >= 11 is 0. The lowest BCUT2D eigenvalue weighted by molar-refractivity contribution is -0.122. The summed E-state index contributed by atoms with van der Waals surface area (Å²) < 4.78 is 5.29. The van der Waals surface area contributed by atoms with Crippen LogP contribution in [0.1, 0.15) is 19.3 Å². The van der Waals surface area contributed by atoms with Gasteiger partial charge in [-0.15, -0.1) is 0 Å². The zero-order chi connectivity index (χ0) is 13.1. The lowest BCUT2D eigenvalue weighted by atomic mass is 9.85. The normalized spacial score (nSPS) is 19.9. The van der Waals surface area contributed by atoms with Gasteiger partial charge in [-0.1, -0.05) is 6.42 Å². The van der Waals surface area contributed by atoms with Crippen molar-refractivity contribution in [2.45, 2.75) is 19.3 Å². The topological polar surface area (TPSA) is 67.4 Å². The molecule has 2 aliphatic rings. The van der Waals surface area contributed by atoms with E-state index in [0.29, 0.717) is 24.8 Å². The Bertz CT molecular complexity index is 438. The van der Waals surface area contributed by atoms with Crippen molar-refractivity contribution in [2.75, 3.05) is 36.5 Å². The van der Waals surface area contributed by atoms with Crippen LogP contribution < -0.4 is 10.2 Å². The third-order valence-electron chi connectivity index (χ3n) is 3.68. The zero-order valence-electron chi connectivity index (χ0n) is 10.8. The molecule has 6 heteroatoms. The molecular weight excluding hydrogens is 244 g/mol. The molecule has 1 aromatic heterocycles. The Morgan fingerprint density at radius 1 is 1.26 bits per heavy atom. The Morgan fingerprint density at radius 2 is 1.95 bits per heavy atom. The predicted molar refractivity (Wildman–Crippen MR) is 71.0 cm³/mol. The second-order valence-electron chi connectivity index (χ2n) is 4.99. The van der Waals surface area contributed by atoms with Crippen molar-refractivity contribution in [1.29, 1.82) is 0 Å². The summed E-state index contributed by atoms with van der Waals surface area (Å²) in [5.41, 5.74) is 0.675. The highest BCUT2D eigenvalue weighted by Gasteiger charge is 2.25. The Hall–Kier alpha value is -1.69. The smallest absolute Gasteiger partial charge is 0.227 e. The SMILES string of the molecule is O=C(Nc1cnc(N2CCOCC2)nc1)C1CCC1. The molecule has 0 radical (unpaired) electrons. The molecule has 1 aromatic rings. The number of nitrogens with one attached hydrogen (secondary N) is 1. The number of hydrogen-bond acceptors (Lipinski definition) is 5. The van der Waals surface area contributed by atoms with Crippen LogP contribution in [0.25, 0.3) is 0 Å². The van der Waals surface area contributed by atoms with Gasteiger partial charge in [-0.2, -0.15) is 0 Å². The molecule has 2 fully saturated rings. The zero-order valence-corrected chi connectivity index (χ0v) is 10.8. The highest BCUT2D eigenvalue weighted by atomic mass is 16.5. The van der Waals surface area contributed by atoms with Crippen LogP contribution in [0.2, 0.25) is 0 Å². The minimum absolute atomic E-state index is 0.0916. The van der Waals surface area contributed by atoms with E-state index < -0.39 is 0 Å². The van der Waals surface area contributed by atoms with Crippen LogP contribution in [-0.2, 0) is 9.53 Å². The van der Waals surface area contributed by atoms with Crippen molar-refractivity contribution in [2.24, 2.45) is 5.92 Å². The maximum absolute atomic E-state index is 11.8. The van der Waals surface area contributed by atoms with Gasteiger partial charge in [-0.25, -0.2) is 9.97 Å². The fraction of sp³-hybridized carbons (Fsp3) is 0.615. The first-order valence-electron chi connectivity index (χ1n) is 6.78. The van der Waals surface area contributed by atoms with E-state index in [2.05, 4.69) is 20.2 Å². The molecule has 3 rings (SSSR count). The molecule has 102 valence electrons. The van der Waals surface area contributed by atoms with Gasteiger partial charge in [-0.3, -0.25) is 4.79 Å². The molecule has 1 aliphatic carbocycles. The van der Waals surface area contributed by atoms with Crippen LogP contribution in [-0.4, -0.2) is 42.2 Å². The number of carbonyl (C=O) groups is 1. The fourth-order valence-corrected chi connectivity index (χ4v) is 2.23. The average molecular weight is 262 g/mol. The predicted octanol–water partition coefficient (Wildman–Crippen LogP) is 1.05. The van der Waals surface area contributed by atoms with E-state index in [1.165, 1.54) is 0 Å². The van der Waals surface area contributed by atoms with E-state index in [1.807, 2.05) is 0 Å². The Labute approximate surface area is 112 Å². The molecule has 1 N–H and O–H groups in total. The first kappa shape index (κ1) is 12.3. The third kappa shape index (κ3) is 2.84. The molecule has 0 bridgehead atoms. The van der Waals surface area contributed by atoms with Gasteiger partial charge in [-0.05, 0) is 12.8 Å². The van der Waals surface area contributed by atoms with Crippen LogP contribution in [0.15, 0.2) is 12.4 Å². The number of anilines is 2. The summed E-state index contributed by atoms with van der Waals surface area (Å²) in [6.07, 6.45) is 6.50. The fourth-order valence-electron chi connectivity index (χ4n) is 2.23. The molecule has 0 atom stereocenters. The summed E-state index contributed by atoms with van der Waals surface area (Å²) in [7, 11) is 0. The molecule has 6 nitrogen and oxygen atoms in total. The van der Waals surface area contributed by atoms with Crippen molar-refractivity contribution in [3.8, 4) is 0 Å².